The monoisotopic (exact) mass is 377 g/mol. The van der Waals surface area contributed by atoms with Crippen LogP contribution < -0.4 is 0 Å². The van der Waals surface area contributed by atoms with Crippen LogP contribution in [0.3, 0.4) is 0 Å². The van der Waals surface area contributed by atoms with Gasteiger partial charge in [0.25, 0.3) is 0 Å². The Hall–Kier alpha value is -1.69. The van der Waals surface area contributed by atoms with Gasteiger partial charge in [0.15, 0.2) is 0 Å². The van der Waals surface area contributed by atoms with E-state index < -0.39 is 0 Å². The van der Waals surface area contributed by atoms with Crippen LogP contribution in [-0.2, 0) is 11.2 Å². The molecule has 3 rings (SSSR count). The third-order valence-electron chi connectivity index (χ3n) is 4.08. The number of hydrogen-bond acceptors (Lipinski definition) is 4. The molecule has 0 bridgehead atoms. The molecule has 1 aromatic heterocycles. The fourth-order valence-corrected chi connectivity index (χ4v) is 3.03. The van der Waals surface area contributed by atoms with Crippen molar-refractivity contribution < 1.29 is 9.32 Å². The lowest BCUT2D eigenvalue weighted by atomic mass is 10.2. The summed E-state index contributed by atoms with van der Waals surface area (Å²) in [4.78, 5) is 18.6. The van der Waals surface area contributed by atoms with Crippen molar-refractivity contribution >= 4 is 21.8 Å². The lowest BCUT2D eigenvalue weighted by Gasteiger charge is -2.19. The van der Waals surface area contributed by atoms with Gasteiger partial charge in [0.05, 0.1) is 0 Å². The van der Waals surface area contributed by atoms with Gasteiger partial charge in [-0.15, -0.1) is 0 Å². The van der Waals surface area contributed by atoms with Crippen LogP contribution in [0.5, 0.6) is 0 Å². The normalized spacial score (nSPS) is 15.4. The molecule has 23 heavy (non-hydrogen) atoms. The first-order valence-corrected chi connectivity index (χ1v) is 8.88. The highest BCUT2D eigenvalue weighted by molar-refractivity contribution is 9.10. The maximum atomic E-state index is 12.3. The van der Waals surface area contributed by atoms with E-state index in [9.17, 15) is 4.79 Å². The quantitative estimate of drug-likeness (QED) is 0.811. The van der Waals surface area contributed by atoms with Crippen LogP contribution in [0.2, 0.25) is 0 Å². The highest BCUT2D eigenvalue weighted by atomic mass is 79.9. The van der Waals surface area contributed by atoms with Crippen molar-refractivity contribution in [2.24, 2.45) is 0 Å². The van der Waals surface area contributed by atoms with Gasteiger partial charge in [-0.1, -0.05) is 33.9 Å². The number of aromatic nitrogens is 2. The number of carbonyl (C=O) groups excluding carboxylic acids is 1. The number of amides is 1. The molecule has 0 unspecified atom stereocenters. The molecule has 1 saturated heterocycles. The highest BCUT2D eigenvalue weighted by Crippen LogP contribution is 2.19. The first kappa shape index (κ1) is 16.2. The number of hydrogen-bond donors (Lipinski definition) is 0. The SMILES string of the molecule is O=C(CCc1nc(-c2ccc(Br)cc2)no1)N1CCCCCC1. The fraction of sp³-hybridized carbons (Fsp3) is 0.471. The van der Waals surface area contributed by atoms with E-state index in [2.05, 4.69) is 26.1 Å². The molecule has 1 fully saturated rings. The zero-order valence-corrected chi connectivity index (χ0v) is 14.6. The Morgan fingerprint density at radius 2 is 1.83 bits per heavy atom. The van der Waals surface area contributed by atoms with Gasteiger partial charge in [-0.25, -0.2) is 0 Å². The zero-order chi connectivity index (χ0) is 16.1. The minimum Gasteiger partial charge on any atom is -0.343 e. The summed E-state index contributed by atoms with van der Waals surface area (Å²) in [5, 5.41) is 4.00. The van der Waals surface area contributed by atoms with Crippen LogP contribution in [0.4, 0.5) is 0 Å². The minimum atomic E-state index is 0.190. The molecule has 0 radical (unpaired) electrons. The molecule has 0 atom stereocenters. The predicted octanol–water partition coefficient (Wildman–Crippen LogP) is 3.83. The third kappa shape index (κ3) is 4.41. The molecule has 0 aliphatic carbocycles. The Morgan fingerprint density at radius 3 is 2.52 bits per heavy atom. The van der Waals surface area contributed by atoms with E-state index in [0.717, 1.165) is 36.0 Å². The highest BCUT2D eigenvalue weighted by Gasteiger charge is 2.17. The molecule has 0 saturated carbocycles. The van der Waals surface area contributed by atoms with E-state index in [0.29, 0.717) is 24.6 Å². The molecule has 122 valence electrons. The van der Waals surface area contributed by atoms with Crippen molar-refractivity contribution in [2.75, 3.05) is 13.1 Å². The number of halogens is 1. The van der Waals surface area contributed by atoms with Crippen molar-refractivity contribution in [1.82, 2.24) is 15.0 Å². The maximum Gasteiger partial charge on any atom is 0.227 e. The number of carbonyl (C=O) groups is 1. The molecule has 0 N–H and O–H groups in total. The zero-order valence-electron chi connectivity index (χ0n) is 13.0. The Kier molecular flexibility index (Phi) is 5.43. The van der Waals surface area contributed by atoms with Crippen LogP contribution in [0.1, 0.15) is 38.0 Å². The molecular weight excluding hydrogens is 358 g/mol. The molecule has 2 heterocycles. The fourth-order valence-electron chi connectivity index (χ4n) is 2.76. The average molecular weight is 378 g/mol. The summed E-state index contributed by atoms with van der Waals surface area (Å²) in [5.41, 5.74) is 0.905. The largest absolute Gasteiger partial charge is 0.343 e. The Bertz CT molecular complexity index is 646. The van der Waals surface area contributed by atoms with Crippen LogP contribution in [0.25, 0.3) is 11.4 Å². The molecule has 1 amide bonds. The van der Waals surface area contributed by atoms with Crippen LogP contribution >= 0.6 is 15.9 Å². The van der Waals surface area contributed by atoms with Gasteiger partial charge in [0, 0.05) is 36.0 Å². The first-order valence-electron chi connectivity index (χ1n) is 8.09. The first-order chi connectivity index (χ1) is 11.2. The lowest BCUT2D eigenvalue weighted by molar-refractivity contribution is -0.131. The standard InChI is InChI=1S/C17H20BrN3O2/c18-14-7-5-13(6-8-14)17-19-15(23-20-17)9-10-16(22)21-11-3-1-2-4-12-21/h5-8H,1-4,9-12H2. The van der Waals surface area contributed by atoms with E-state index in [1.165, 1.54) is 12.8 Å². The van der Waals surface area contributed by atoms with Crippen molar-refractivity contribution in [3.05, 3.63) is 34.6 Å². The molecule has 2 aromatic rings. The number of nitrogens with zero attached hydrogens (tertiary/aromatic N) is 3. The Morgan fingerprint density at radius 1 is 1.13 bits per heavy atom. The summed E-state index contributed by atoms with van der Waals surface area (Å²) in [7, 11) is 0. The van der Waals surface area contributed by atoms with Gasteiger partial charge >= 0.3 is 0 Å². The summed E-state index contributed by atoms with van der Waals surface area (Å²) in [6, 6.07) is 7.74. The van der Waals surface area contributed by atoms with E-state index >= 15 is 0 Å². The van der Waals surface area contributed by atoms with E-state index in [-0.39, 0.29) is 5.91 Å². The summed E-state index contributed by atoms with van der Waals surface area (Å²) < 4.78 is 6.28. The summed E-state index contributed by atoms with van der Waals surface area (Å²) in [6.45, 7) is 1.76. The van der Waals surface area contributed by atoms with Gasteiger partial charge in [0.2, 0.25) is 17.6 Å². The number of benzene rings is 1. The molecular formula is C17H20BrN3O2. The van der Waals surface area contributed by atoms with Crippen LogP contribution in [-0.4, -0.2) is 34.0 Å². The van der Waals surface area contributed by atoms with E-state index in [1.54, 1.807) is 0 Å². The minimum absolute atomic E-state index is 0.190. The van der Waals surface area contributed by atoms with Crippen molar-refractivity contribution in [3.8, 4) is 11.4 Å². The van der Waals surface area contributed by atoms with Crippen molar-refractivity contribution in [3.63, 3.8) is 0 Å². The molecule has 5 nitrogen and oxygen atoms in total. The smallest absolute Gasteiger partial charge is 0.227 e. The lowest BCUT2D eigenvalue weighted by Crippen LogP contribution is -2.31. The Labute approximate surface area is 144 Å². The van der Waals surface area contributed by atoms with Crippen LogP contribution in [0.15, 0.2) is 33.3 Å². The number of rotatable bonds is 4. The molecule has 6 heteroatoms. The molecule has 0 spiro atoms. The molecule has 1 aromatic carbocycles. The Balaban J connectivity index is 1.56. The van der Waals surface area contributed by atoms with Gasteiger partial charge < -0.3 is 9.42 Å². The van der Waals surface area contributed by atoms with Gasteiger partial charge in [-0.3, -0.25) is 4.79 Å². The molecule has 1 aliphatic rings. The topological polar surface area (TPSA) is 59.2 Å². The number of likely N-dealkylation sites (tertiary alicyclic amines) is 1. The average Bonchev–Trinajstić information content (AvgIpc) is 2.86. The van der Waals surface area contributed by atoms with E-state index in [4.69, 9.17) is 4.52 Å². The summed E-state index contributed by atoms with van der Waals surface area (Å²) in [6.07, 6.45) is 5.61. The second kappa shape index (κ2) is 7.73. The molecule has 1 aliphatic heterocycles. The second-order valence-corrected chi connectivity index (χ2v) is 6.73. The van der Waals surface area contributed by atoms with Crippen LogP contribution in [0, 0.1) is 0 Å². The van der Waals surface area contributed by atoms with Gasteiger partial charge in [0.1, 0.15) is 0 Å². The maximum absolute atomic E-state index is 12.3. The second-order valence-electron chi connectivity index (χ2n) is 5.81. The predicted molar refractivity (Wildman–Crippen MR) is 90.8 cm³/mol. The summed E-state index contributed by atoms with van der Waals surface area (Å²) in [5.74, 6) is 1.27. The summed E-state index contributed by atoms with van der Waals surface area (Å²) >= 11 is 3.40. The van der Waals surface area contributed by atoms with Crippen molar-refractivity contribution in [1.29, 1.82) is 0 Å². The van der Waals surface area contributed by atoms with Gasteiger partial charge in [-0.05, 0) is 37.1 Å². The third-order valence-corrected chi connectivity index (χ3v) is 4.61. The van der Waals surface area contributed by atoms with E-state index in [1.807, 2.05) is 29.2 Å². The van der Waals surface area contributed by atoms with Crippen molar-refractivity contribution in [2.45, 2.75) is 38.5 Å². The number of aryl methyl sites for hydroxylation is 1. The van der Waals surface area contributed by atoms with Gasteiger partial charge in [-0.2, -0.15) is 4.98 Å².